The molecule has 116 valence electrons. The van der Waals surface area contributed by atoms with Crippen molar-refractivity contribution in [1.82, 2.24) is 9.88 Å². The molecule has 1 aromatic carbocycles. The van der Waals surface area contributed by atoms with Gasteiger partial charge in [0.1, 0.15) is 5.75 Å². The van der Waals surface area contributed by atoms with E-state index in [4.69, 9.17) is 18.1 Å². The zero-order valence-electron chi connectivity index (χ0n) is 17.5. The molecular formula is C16H18N2O4. The number of ether oxygens (including phenoxy) is 1. The lowest BCUT2D eigenvalue weighted by Gasteiger charge is -2.09. The molecule has 0 radical (unpaired) electrons. The summed E-state index contributed by atoms with van der Waals surface area (Å²) in [6.07, 6.45) is 3.05. The molecule has 1 heterocycles. The monoisotopic (exact) mass is 308 g/mol. The minimum absolute atomic E-state index is 0.0658. The Morgan fingerprint density at radius 2 is 2.23 bits per heavy atom. The van der Waals surface area contributed by atoms with Gasteiger partial charge in [-0.25, -0.2) is 9.59 Å². The third kappa shape index (κ3) is 3.95. The fourth-order valence-electron chi connectivity index (χ4n) is 2.02. The maximum atomic E-state index is 11.8. The van der Waals surface area contributed by atoms with Crippen LogP contribution in [0.2, 0.25) is 0 Å². The molecule has 0 atom stereocenters. The van der Waals surface area contributed by atoms with Gasteiger partial charge in [0, 0.05) is 44.0 Å². The van der Waals surface area contributed by atoms with Crippen LogP contribution >= 0.6 is 0 Å². The Bertz CT molecular complexity index is 887. The van der Waals surface area contributed by atoms with Crippen molar-refractivity contribution in [2.24, 2.45) is 0 Å². The molecule has 22 heavy (non-hydrogen) atoms. The molecule has 0 aliphatic heterocycles. The highest BCUT2D eigenvalue weighted by Crippen LogP contribution is 2.29. The number of benzene rings is 1. The summed E-state index contributed by atoms with van der Waals surface area (Å²) < 4.78 is 49.7. The van der Waals surface area contributed by atoms with Gasteiger partial charge in [-0.15, -0.1) is 0 Å². The molecule has 1 aromatic heterocycles. The number of carbonyl (C=O) groups is 2. The predicted molar refractivity (Wildman–Crippen MR) is 83.0 cm³/mol. The van der Waals surface area contributed by atoms with E-state index >= 15 is 0 Å². The Balaban J connectivity index is 2.29. The van der Waals surface area contributed by atoms with E-state index in [2.05, 4.69) is 4.98 Å². The first-order valence-electron chi connectivity index (χ1n) is 9.39. The fourth-order valence-corrected chi connectivity index (χ4v) is 2.02. The van der Waals surface area contributed by atoms with Gasteiger partial charge in [0.2, 0.25) is 0 Å². The first-order valence-corrected chi connectivity index (χ1v) is 6.39. The van der Waals surface area contributed by atoms with Crippen LogP contribution in [-0.4, -0.2) is 47.4 Å². The van der Waals surface area contributed by atoms with Crippen molar-refractivity contribution in [3.63, 3.8) is 0 Å². The minimum Gasteiger partial charge on any atom is -0.478 e. The molecule has 2 N–H and O–H groups in total. The van der Waals surface area contributed by atoms with Crippen LogP contribution in [0.3, 0.4) is 0 Å². The van der Waals surface area contributed by atoms with Gasteiger partial charge in [0.25, 0.3) is 0 Å². The topological polar surface area (TPSA) is 82.6 Å². The molecule has 2 aromatic rings. The molecule has 6 heteroatoms. The van der Waals surface area contributed by atoms with Crippen molar-refractivity contribution in [3.8, 4) is 5.75 Å². The van der Waals surface area contributed by atoms with E-state index in [1.54, 1.807) is 18.3 Å². The van der Waals surface area contributed by atoms with E-state index in [0.29, 0.717) is 27.4 Å². The number of carboxylic acid groups (broad SMARTS) is 1. The van der Waals surface area contributed by atoms with Gasteiger partial charge in [-0.1, -0.05) is 6.07 Å². The Labute approximate surface area is 136 Å². The van der Waals surface area contributed by atoms with Gasteiger partial charge in [0.05, 0.1) is 0 Å². The van der Waals surface area contributed by atoms with E-state index < -0.39 is 25.9 Å². The molecule has 0 bridgehead atoms. The Morgan fingerprint density at radius 3 is 2.95 bits per heavy atom. The average Bonchev–Trinajstić information content (AvgIpc) is 2.95. The van der Waals surface area contributed by atoms with Crippen LogP contribution < -0.4 is 4.74 Å². The van der Waals surface area contributed by atoms with E-state index in [0.717, 1.165) is 6.08 Å². The van der Waals surface area contributed by atoms with Crippen LogP contribution in [-0.2, 0) is 16.0 Å². The second-order valence-electron chi connectivity index (χ2n) is 4.49. The number of aliphatic carboxylic acids is 1. The number of aromatic amines is 1. The normalized spacial score (nSPS) is 16.6. The molecule has 0 unspecified atom stereocenters. The number of esters is 1. The SMILES string of the molecule is [2H]C([2H])([2H])N(CCc1c[nH]c2cccc(OC(=O)/C=C/C(=O)O)c12)C([2H])([2H])[2H]. The van der Waals surface area contributed by atoms with Crippen molar-refractivity contribution in [3.05, 3.63) is 42.1 Å². The number of carbonyl (C=O) groups excluding carboxylic acids is 1. The summed E-state index contributed by atoms with van der Waals surface area (Å²) in [6.45, 7) is -5.87. The maximum Gasteiger partial charge on any atom is 0.336 e. The summed E-state index contributed by atoms with van der Waals surface area (Å²) in [5.41, 5.74) is 1.15. The van der Waals surface area contributed by atoms with Gasteiger partial charge < -0.3 is 19.7 Å². The summed E-state index contributed by atoms with van der Waals surface area (Å²) in [4.78, 5) is 25.7. The lowest BCUT2D eigenvalue weighted by atomic mass is 10.1. The van der Waals surface area contributed by atoms with Crippen LogP contribution in [0.5, 0.6) is 5.75 Å². The molecule has 0 spiro atoms. The van der Waals surface area contributed by atoms with Crippen molar-refractivity contribution < 1.29 is 27.7 Å². The molecule has 0 saturated carbocycles. The zero-order valence-corrected chi connectivity index (χ0v) is 11.5. The van der Waals surface area contributed by atoms with E-state index in [1.807, 2.05) is 0 Å². The van der Waals surface area contributed by atoms with Crippen molar-refractivity contribution in [2.45, 2.75) is 6.42 Å². The van der Waals surface area contributed by atoms with Crippen LogP contribution in [0, 0.1) is 0 Å². The molecule has 0 fully saturated rings. The summed E-state index contributed by atoms with van der Waals surface area (Å²) in [5.74, 6) is -2.05. The lowest BCUT2D eigenvalue weighted by Crippen LogP contribution is -2.15. The molecule has 0 aliphatic rings. The quantitative estimate of drug-likeness (QED) is 0.483. The van der Waals surface area contributed by atoms with Crippen molar-refractivity contribution >= 4 is 22.8 Å². The Hall–Kier alpha value is -2.60. The van der Waals surface area contributed by atoms with E-state index in [1.165, 1.54) is 6.07 Å². The number of hydrogen-bond acceptors (Lipinski definition) is 4. The number of nitrogens with zero attached hydrogens (tertiary/aromatic N) is 1. The first kappa shape index (κ1) is 9.42. The molecular weight excluding hydrogens is 284 g/mol. The number of nitrogens with one attached hydrogen (secondary N) is 1. The van der Waals surface area contributed by atoms with Crippen LogP contribution in [0.25, 0.3) is 10.9 Å². The van der Waals surface area contributed by atoms with Gasteiger partial charge in [-0.05, 0) is 38.1 Å². The van der Waals surface area contributed by atoms with E-state index in [-0.39, 0.29) is 18.7 Å². The third-order valence-corrected chi connectivity index (χ3v) is 2.93. The molecule has 0 saturated heterocycles. The standard InChI is InChI=1S/C16H18N2O4/c1-18(2)9-8-11-10-17-12-4-3-5-13(16(11)12)22-15(21)7-6-14(19)20/h3-7,10,17H,8-9H2,1-2H3,(H,19,20)/b7-6+/i1D3,2D3. The number of hydrogen-bond donors (Lipinski definition) is 2. The van der Waals surface area contributed by atoms with Crippen molar-refractivity contribution in [1.29, 1.82) is 0 Å². The number of carboxylic acids is 1. The second kappa shape index (κ2) is 6.91. The number of rotatable bonds is 6. The van der Waals surface area contributed by atoms with Gasteiger partial charge in [-0.2, -0.15) is 0 Å². The Morgan fingerprint density at radius 1 is 1.41 bits per heavy atom. The average molecular weight is 308 g/mol. The minimum atomic E-state index is -2.80. The molecule has 2 rings (SSSR count). The largest absolute Gasteiger partial charge is 0.478 e. The second-order valence-corrected chi connectivity index (χ2v) is 4.49. The fraction of sp³-hybridized carbons (Fsp3) is 0.250. The number of H-pyrrole nitrogens is 1. The zero-order chi connectivity index (χ0) is 21.1. The van der Waals surface area contributed by atoms with Gasteiger partial charge >= 0.3 is 11.9 Å². The summed E-state index contributed by atoms with van der Waals surface area (Å²) in [5, 5.41) is 9.05. The van der Waals surface area contributed by atoms with Gasteiger partial charge in [0.15, 0.2) is 0 Å². The number of likely N-dealkylation sites (N-methyl/N-ethyl adjacent to an activating group) is 1. The number of fused-ring (bicyclic) bond motifs is 1. The van der Waals surface area contributed by atoms with E-state index in [9.17, 15) is 9.59 Å². The molecule has 6 nitrogen and oxygen atoms in total. The maximum absolute atomic E-state index is 11.8. The van der Waals surface area contributed by atoms with Crippen molar-refractivity contribution in [2.75, 3.05) is 20.5 Å². The predicted octanol–water partition coefficient (Wildman–Crippen LogP) is 1.82. The van der Waals surface area contributed by atoms with Crippen LogP contribution in [0.1, 0.15) is 13.8 Å². The number of aromatic nitrogens is 1. The molecule has 0 aliphatic carbocycles. The highest BCUT2D eigenvalue weighted by molar-refractivity contribution is 5.95. The summed E-state index contributed by atoms with van der Waals surface area (Å²) >= 11 is 0. The van der Waals surface area contributed by atoms with Crippen LogP contribution in [0.15, 0.2) is 36.5 Å². The van der Waals surface area contributed by atoms with Gasteiger partial charge in [-0.3, -0.25) is 0 Å². The molecule has 0 amide bonds. The first-order chi connectivity index (χ1) is 12.9. The highest BCUT2D eigenvalue weighted by atomic mass is 16.5. The Kier molecular flexibility index (Phi) is 2.96. The lowest BCUT2D eigenvalue weighted by molar-refractivity contribution is -0.133. The van der Waals surface area contributed by atoms with Crippen LogP contribution in [0.4, 0.5) is 0 Å². The highest BCUT2D eigenvalue weighted by Gasteiger charge is 2.12. The summed E-state index contributed by atoms with van der Waals surface area (Å²) in [6, 6.07) is 4.81. The third-order valence-electron chi connectivity index (χ3n) is 2.93. The smallest absolute Gasteiger partial charge is 0.336 e. The summed E-state index contributed by atoms with van der Waals surface area (Å²) in [7, 11) is 0.